The van der Waals surface area contributed by atoms with Gasteiger partial charge in [0.15, 0.2) is 5.78 Å². The second-order valence-corrected chi connectivity index (χ2v) is 3.61. The summed E-state index contributed by atoms with van der Waals surface area (Å²) in [5.41, 5.74) is 0. The molecule has 1 amide bonds. The molecule has 3 heteroatoms. The number of nitrogens with zero attached hydrogens (tertiary/aromatic N) is 1. The van der Waals surface area contributed by atoms with Crippen LogP contribution < -0.4 is 0 Å². The molecule has 0 saturated carbocycles. The van der Waals surface area contributed by atoms with E-state index in [1.165, 1.54) is 11.8 Å². The number of hydrogen-bond donors (Lipinski definition) is 0. The minimum absolute atomic E-state index is 0.00168. The first-order chi connectivity index (χ1) is 6.82. The van der Waals surface area contributed by atoms with Crippen LogP contribution in [0.2, 0.25) is 0 Å². The van der Waals surface area contributed by atoms with Gasteiger partial charge in [0.25, 0.3) is 0 Å². The normalized spacial score (nSPS) is 17.9. The Labute approximate surface area is 87.9 Å². The molecular weight excluding hydrogens is 178 g/mol. The Morgan fingerprint density at radius 3 is 2.21 bits per heavy atom. The Balaban J connectivity index is 4.61. The fraction of sp³-hybridized carbons (Fsp3) is 0.818. The number of amides is 1. The summed E-state index contributed by atoms with van der Waals surface area (Å²) < 4.78 is 7.48. The van der Waals surface area contributed by atoms with E-state index in [-0.39, 0.29) is 23.7 Å². The van der Waals surface area contributed by atoms with E-state index in [0.29, 0.717) is 6.42 Å². The third kappa shape index (κ3) is 3.13. The summed E-state index contributed by atoms with van der Waals surface area (Å²) >= 11 is 0. The zero-order valence-electron chi connectivity index (χ0n) is 10.7. The van der Waals surface area contributed by atoms with Crippen LogP contribution in [0.4, 0.5) is 0 Å². The first-order valence-corrected chi connectivity index (χ1v) is 5.02. The highest BCUT2D eigenvalue weighted by Gasteiger charge is 2.24. The number of Topliss-reactive ketones (excluding diaryl/α,β-unsaturated/α-hetero) is 1. The molecule has 0 rings (SSSR count). The van der Waals surface area contributed by atoms with Gasteiger partial charge in [0.1, 0.15) is 0 Å². The van der Waals surface area contributed by atoms with Gasteiger partial charge < -0.3 is 4.90 Å². The fourth-order valence-corrected chi connectivity index (χ4v) is 1.45. The van der Waals surface area contributed by atoms with Gasteiger partial charge in [-0.3, -0.25) is 9.59 Å². The smallest absolute Gasteiger partial charge is 0.225 e. The number of rotatable bonds is 5. The number of carbonyl (C=O) groups is 2. The second-order valence-electron chi connectivity index (χ2n) is 3.61. The molecule has 0 bridgehead atoms. The van der Waals surface area contributed by atoms with Crippen LogP contribution in [0.3, 0.4) is 0 Å². The van der Waals surface area contributed by atoms with Crippen molar-refractivity contribution in [3.8, 4) is 0 Å². The number of likely N-dealkylation sites (N-methyl/N-ethyl adjacent to an activating group) is 1. The maximum Gasteiger partial charge on any atom is 0.225 e. The van der Waals surface area contributed by atoms with Crippen molar-refractivity contribution in [3.63, 3.8) is 0 Å². The summed E-state index contributed by atoms with van der Waals surface area (Å²) in [6.07, 6.45) is 0.181. The molecular formula is C11H21NO2. The van der Waals surface area contributed by atoms with E-state index in [1.54, 1.807) is 20.9 Å². The summed E-state index contributed by atoms with van der Waals surface area (Å²) in [5.74, 6) is -0.485. The van der Waals surface area contributed by atoms with Crippen LogP contribution in [0.15, 0.2) is 0 Å². The van der Waals surface area contributed by atoms with E-state index in [2.05, 4.69) is 0 Å². The van der Waals surface area contributed by atoms with E-state index in [0.717, 1.165) is 0 Å². The highest BCUT2D eigenvalue weighted by molar-refractivity contribution is 5.88. The van der Waals surface area contributed by atoms with Gasteiger partial charge in [-0.25, -0.2) is 0 Å². The molecule has 0 saturated heterocycles. The average molecular weight is 200 g/mol. The quantitative estimate of drug-likeness (QED) is 0.679. The lowest BCUT2D eigenvalue weighted by Gasteiger charge is -2.27. The van der Waals surface area contributed by atoms with E-state index in [4.69, 9.17) is 1.37 Å². The molecule has 0 heterocycles. The lowest BCUT2D eigenvalue weighted by atomic mass is 10.0. The molecule has 0 aromatic rings. The molecule has 0 aliphatic carbocycles. The lowest BCUT2D eigenvalue weighted by molar-refractivity contribution is -0.140. The summed E-state index contributed by atoms with van der Waals surface area (Å²) in [6.45, 7) is 6.78. The van der Waals surface area contributed by atoms with Gasteiger partial charge in [-0.2, -0.15) is 0 Å². The van der Waals surface area contributed by atoms with Gasteiger partial charge >= 0.3 is 0 Å². The predicted octanol–water partition coefficient (Wildman–Crippen LogP) is 1.86. The third-order valence-corrected chi connectivity index (χ3v) is 2.56. The number of carbonyl (C=O) groups excluding carboxylic acids is 2. The molecule has 3 nitrogen and oxygen atoms in total. The standard InChI is InChI=1S/C11H21NO2/c1-6-8(3)11(14)12(5)10(7-2)9(4)13/h8,10H,6-7H2,1-5H3/i6D. The highest BCUT2D eigenvalue weighted by Crippen LogP contribution is 2.10. The largest absolute Gasteiger partial charge is 0.336 e. The molecule has 3 atom stereocenters. The predicted molar refractivity (Wildman–Crippen MR) is 57.0 cm³/mol. The minimum atomic E-state index is -0.440. The SMILES string of the molecule is [2H]C(C)C(C)C(=O)N(C)C(CC)C(C)=O. The molecule has 0 aromatic heterocycles. The zero-order valence-corrected chi connectivity index (χ0v) is 9.70. The molecule has 0 radical (unpaired) electrons. The van der Waals surface area contributed by atoms with Crippen molar-refractivity contribution >= 4 is 11.7 Å². The van der Waals surface area contributed by atoms with E-state index in [9.17, 15) is 9.59 Å². The van der Waals surface area contributed by atoms with Crippen molar-refractivity contribution in [3.05, 3.63) is 0 Å². The Kier molecular flexibility index (Phi) is 4.63. The zero-order chi connectivity index (χ0) is 12.2. The van der Waals surface area contributed by atoms with Gasteiger partial charge in [0, 0.05) is 14.3 Å². The van der Waals surface area contributed by atoms with Gasteiger partial charge in [-0.05, 0) is 19.7 Å². The Morgan fingerprint density at radius 1 is 1.43 bits per heavy atom. The fourth-order valence-electron chi connectivity index (χ4n) is 1.45. The maximum atomic E-state index is 11.8. The molecule has 3 unspecified atom stereocenters. The van der Waals surface area contributed by atoms with Crippen molar-refractivity contribution in [1.82, 2.24) is 4.90 Å². The van der Waals surface area contributed by atoms with Crippen LogP contribution in [-0.2, 0) is 9.59 Å². The van der Waals surface area contributed by atoms with Crippen LogP contribution >= 0.6 is 0 Å². The monoisotopic (exact) mass is 200 g/mol. The molecule has 82 valence electrons. The van der Waals surface area contributed by atoms with E-state index < -0.39 is 6.40 Å². The van der Waals surface area contributed by atoms with Gasteiger partial charge in [0.2, 0.25) is 5.91 Å². The number of ketones is 1. The van der Waals surface area contributed by atoms with Crippen molar-refractivity contribution in [2.45, 2.75) is 46.6 Å². The van der Waals surface area contributed by atoms with Gasteiger partial charge in [-0.1, -0.05) is 20.8 Å². The lowest BCUT2D eigenvalue weighted by Crippen LogP contribution is -2.43. The summed E-state index contributed by atoms with van der Waals surface area (Å²) in [7, 11) is 1.64. The molecule has 0 aliphatic rings. The molecule has 0 fully saturated rings. The maximum absolute atomic E-state index is 11.8. The van der Waals surface area contributed by atoms with Crippen LogP contribution in [-0.4, -0.2) is 29.7 Å². The van der Waals surface area contributed by atoms with Crippen molar-refractivity contribution in [2.75, 3.05) is 7.05 Å². The first kappa shape index (κ1) is 11.2. The Hall–Kier alpha value is -0.860. The van der Waals surface area contributed by atoms with Gasteiger partial charge in [0.05, 0.1) is 6.04 Å². The van der Waals surface area contributed by atoms with E-state index >= 15 is 0 Å². The Morgan fingerprint density at radius 2 is 1.93 bits per heavy atom. The molecule has 0 aromatic carbocycles. The average Bonchev–Trinajstić information content (AvgIpc) is 2.15. The van der Waals surface area contributed by atoms with Crippen LogP contribution in [0.25, 0.3) is 0 Å². The van der Waals surface area contributed by atoms with Crippen LogP contribution in [0, 0.1) is 5.92 Å². The first-order valence-electron chi connectivity index (χ1n) is 5.60. The van der Waals surface area contributed by atoms with E-state index in [1.807, 2.05) is 6.92 Å². The summed E-state index contributed by atoms with van der Waals surface area (Å²) in [5, 5.41) is 0. The van der Waals surface area contributed by atoms with Crippen LogP contribution in [0.1, 0.15) is 41.9 Å². The summed E-state index contributed by atoms with van der Waals surface area (Å²) in [4.78, 5) is 24.6. The minimum Gasteiger partial charge on any atom is -0.336 e. The molecule has 14 heavy (non-hydrogen) atoms. The number of hydrogen-bond acceptors (Lipinski definition) is 2. The molecule has 0 spiro atoms. The molecule has 0 N–H and O–H groups in total. The Bertz CT molecular complexity index is 241. The molecule has 0 aliphatic heterocycles. The van der Waals surface area contributed by atoms with Crippen LogP contribution in [0.5, 0.6) is 0 Å². The van der Waals surface area contributed by atoms with Crippen molar-refractivity contribution < 1.29 is 11.0 Å². The topological polar surface area (TPSA) is 37.4 Å². The second kappa shape index (κ2) is 5.78. The summed E-state index contributed by atoms with van der Waals surface area (Å²) in [6, 6.07) is -0.348. The van der Waals surface area contributed by atoms with Crippen molar-refractivity contribution in [2.24, 2.45) is 5.92 Å². The third-order valence-electron chi connectivity index (χ3n) is 2.56. The highest BCUT2D eigenvalue weighted by atomic mass is 16.2. The van der Waals surface area contributed by atoms with Crippen molar-refractivity contribution in [1.29, 1.82) is 0 Å². The van der Waals surface area contributed by atoms with Gasteiger partial charge in [-0.15, -0.1) is 0 Å².